The van der Waals surface area contributed by atoms with Crippen molar-refractivity contribution in [3.63, 3.8) is 0 Å². The highest BCUT2D eigenvalue weighted by molar-refractivity contribution is 7.90. The summed E-state index contributed by atoms with van der Waals surface area (Å²) in [4.78, 5) is 12.2. The number of carbonyl (C=O) groups is 1. The quantitative estimate of drug-likeness (QED) is 0.725. The van der Waals surface area contributed by atoms with Gasteiger partial charge < -0.3 is 10.1 Å². The van der Waals surface area contributed by atoms with Crippen molar-refractivity contribution in [2.24, 2.45) is 0 Å². The van der Waals surface area contributed by atoms with E-state index in [0.29, 0.717) is 0 Å². The number of benzene rings is 2. The van der Waals surface area contributed by atoms with Crippen LogP contribution in [0.15, 0.2) is 36.4 Å². The van der Waals surface area contributed by atoms with Gasteiger partial charge in [-0.3, -0.25) is 9.52 Å². The van der Waals surface area contributed by atoms with Crippen molar-refractivity contribution >= 4 is 27.5 Å². The van der Waals surface area contributed by atoms with E-state index < -0.39 is 27.8 Å². The van der Waals surface area contributed by atoms with Gasteiger partial charge in [0.25, 0.3) is 16.1 Å². The number of hydrogen-bond acceptors (Lipinski definition) is 4. The molecule has 10 heteroatoms. The lowest BCUT2D eigenvalue weighted by molar-refractivity contribution is 0.102. The maximum atomic E-state index is 13.2. The molecule has 2 aromatic rings. The van der Waals surface area contributed by atoms with Gasteiger partial charge in [-0.1, -0.05) is 0 Å². The number of amides is 1. The minimum absolute atomic E-state index is 0.0368. The van der Waals surface area contributed by atoms with E-state index in [2.05, 4.69) is 14.8 Å². The zero-order valence-corrected chi connectivity index (χ0v) is 14.1. The molecule has 3 N–H and O–H groups in total. The van der Waals surface area contributed by atoms with E-state index in [9.17, 15) is 22.0 Å². The first-order valence-corrected chi connectivity index (χ1v) is 8.40. The Morgan fingerprint density at radius 1 is 1.08 bits per heavy atom. The smallest absolute Gasteiger partial charge is 0.298 e. The summed E-state index contributed by atoms with van der Waals surface area (Å²) in [5, 5.41) is 2.39. The van der Waals surface area contributed by atoms with Crippen LogP contribution in [0.3, 0.4) is 0 Å². The third kappa shape index (κ3) is 4.64. The van der Waals surface area contributed by atoms with E-state index in [1.165, 1.54) is 38.4 Å². The van der Waals surface area contributed by atoms with E-state index in [-0.39, 0.29) is 22.7 Å². The number of rotatable bonds is 6. The highest BCUT2D eigenvalue weighted by Crippen LogP contribution is 2.26. The Balaban J connectivity index is 2.29. The molecule has 0 radical (unpaired) electrons. The molecule has 0 spiro atoms. The van der Waals surface area contributed by atoms with Crippen LogP contribution in [0.5, 0.6) is 5.75 Å². The molecule has 0 heterocycles. The van der Waals surface area contributed by atoms with Gasteiger partial charge in [-0.2, -0.15) is 8.42 Å². The third-order valence-corrected chi connectivity index (χ3v) is 4.18. The highest BCUT2D eigenvalue weighted by Gasteiger charge is 2.15. The second-order valence-corrected chi connectivity index (χ2v) is 6.43. The molecule has 2 rings (SSSR count). The Labute approximate surface area is 143 Å². The molecule has 7 nitrogen and oxygen atoms in total. The summed E-state index contributed by atoms with van der Waals surface area (Å²) in [6, 6.07) is 6.96. The minimum atomic E-state index is -3.82. The van der Waals surface area contributed by atoms with Crippen LogP contribution in [0.4, 0.5) is 20.2 Å². The Kier molecular flexibility index (Phi) is 5.55. The zero-order valence-electron chi connectivity index (χ0n) is 13.3. The summed E-state index contributed by atoms with van der Waals surface area (Å²) in [5.41, 5.74) is 0.172. The SMILES string of the molecule is CNS(=O)(=O)Nc1cc(C(=O)Nc2ccc(F)c(F)c2)ccc1OC. The summed E-state index contributed by atoms with van der Waals surface area (Å²) in [5.74, 6) is -2.58. The molecule has 0 unspecified atom stereocenters. The molecule has 25 heavy (non-hydrogen) atoms. The topological polar surface area (TPSA) is 96.5 Å². The van der Waals surface area contributed by atoms with Crippen LogP contribution in [0, 0.1) is 11.6 Å². The van der Waals surface area contributed by atoms with Gasteiger partial charge in [-0.15, -0.1) is 0 Å². The largest absolute Gasteiger partial charge is 0.495 e. The number of hydrogen-bond donors (Lipinski definition) is 3. The first-order valence-electron chi connectivity index (χ1n) is 6.91. The van der Waals surface area contributed by atoms with E-state index >= 15 is 0 Å². The first kappa shape index (κ1) is 18.6. The van der Waals surface area contributed by atoms with Crippen LogP contribution < -0.4 is 19.5 Å². The van der Waals surface area contributed by atoms with Crippen molar-refractivity contribution < 1.29 is 26.7 Å². The fourth-order valence-corrected chi connectivity index (χ4v) is 2.45. The van der Waals surface area contributed by atoms with Crippen molar-refractivity contribution in [2.45, 2.75) is 0 Å². The van der Waals surface area contributed by atoms with Crippen LogP contribution in [0.2, 0.25) is 0 Å². The zero-order chi connectivity index (χ0) is 18.6. The molecule has 134 valence electrons. The Hall–Kier alpha value is -2.72. The van der Waals surface area contributed by atoms with Crippen LogP contribution >= 0.6 is 0 Å². The molecule has 0 aliphatic heterocycles. The van der Waals surface area contributed by atoms with Gasteiger partial charge in [0.2, 0.25) is 0 Å². The van der Waals surface area contributed by atoms with E-state index in [1.807, 2.05) is 0 Å². The van der Waals surface area contributed by atoms with Crippen LogP contribution in [-0.2, 0) is 10.2 Å². The molecule has 0 fully saturated rings. The first-order chi connectivity index (χ1) is 11.8. The van der Waals surface area contributed by atoms with E-state index in [4.69, 9.17) is 4.74 Å². The Bertz CT molecular complexity index is 904. The monoisotopic (exact) mass is 371 g/mol. The molecule has 0 atom stereocenters. The molecule has 0 aliphatic carbocycles. The fraction of sp³-hybridized carbons (Fsp3) is 0.133. The van der Waals surface area contributed by atoms with Gasteiger partial charge in [0, 0.05) is 24.4 Å². The molecule has 0 aromatic heterocycles. The van der Waals surface area contributed by atoms with Crippen molar-refractivity contribution in [3.8, 4) is 5.75 Å². The Morgan fingerprint density at radius 3 is 2.40 bits per heavy atom. The van der Waals surface area contributed by atoms with Crippen LogP contribution in [0.25, 0.3) is 0 Å². The lowest BCUT2D eigenvalue weighted by Crippen LogP contribution is -2.26. The predicted molar refractivity (Wildman–Crippen MR) is 88.9 cm³/mol. The minimum Gasteiger partial charge on any atom is -0.495 e. The molecule has 0 saturated heterocycles. The lowest BCUT2D eigenvalue weighted by atomic mass is 10.1. The molecule has 2 aromatic carbocycles. The van der Waals surface area contributed by atoms with Crippen molar-refractivity contribution in [2.75, 3.05) is 24.2 Å². The summed E-state index contributed by atoms with van der Waals surface area (Å²) < 4.78 is 58.7. The van der Waals surface area contributed by atoms with Crippen LogP contribution in [-0.4, -0.2) is 28.5 Å². The second-order valence-electron chi connectivity index (χ2n) is 4.81. The summed E-state index contributed by atoms with van der Waals surface area (Å²) in [6.45, 7) is 0. The number of halogens is 2. The Morgan fingerprint density at radius 2 is 1.80 bits per heavy atom. The van der Waals surface area contributed by atoms with Gasteiger partial charge >= 0.3 is 0 Å². The molecule has 0 aliphatic rings. The maximum absolute atomic E-state index is 13.2. The predicted octanol–water partition coefficient (Wildman–Crippen LogP) is 2.10. The number of nitrogens with one attached hydrogen (secondary N) is 3. The molecule has 0 saturated carbocycles. The second kappa shape index (κ2) is 7.45. The van der Waals surface area contributed by atoms with Crippen molar-refractivity contribution in [1.29, 1.82) is 0 Å². The maximum Gasteiger partial charge on any atom is 0.298 e. The summed E-state index contributed by atoms with van der Waals surface area (Å²) >= 11 is 0. The molecule has 0 bridgehead atoms. The van der Waals surface area contributed by atoms with Gasteiger partial charge in [0.15, 0.2) is 11.6 Å². The lowest BCUT2D eigenvalue weighted by Gasteiger charge is -2.13. The average molecular weight is 371 g/mol. The fourth-order valence-electron chi connectivity index (χ4n) is 1.90. The van der Waals surface area contributed by atoms with E-state index in [0.717, 1.165) is 12.1 Å². The van der Waals surface area contributed by atoms with Crippen molar-refractivity contribution in [3.05, 3.63) is 53.6 Å². The standard InChI is InChI=1S/C15H15F2N3O4S/c1-18-25(22,23)20-13-7-9(3-6-14(13)24-2)15(21)19-10-4-5-11(16)12(17)8-10/h3-8,18,20H,1-2H3,(H,19,21). The third-order valence-electron chi connectivity index (χ3n) is 3.15. The average Bonchev–Trinajstić information content (AvgIpc) is 2.57. The van der Waals surface area contributed by atoms with Gasteiger partial charge in [-0.25, -0.2) is 13.5 Å². The van der Waals surface area contributed by atoms with Gasteiger partial charge in [-0.05, 0) is 30.3 Å². The summed E-state index contributed by atoms with van der Waals surface area (Å²) in [6.07, 6.45) is 0. The van der Waals surface area contributed by atoms with Crippen molar-refractivity contribution in [1.82, 2.24) is 4.72 Å². The number of carbonyl (C=O) groups excluding carboxylic acids is 1. The normalized spacial score (nSPS) is 11.0. The molecular weight excluding hydrogens is 356 g/mol. The number of methoxy groups -OCH3 is 1. The van der Waals surface area contributed by atoms with Crippen LogP contribution in [0.1, 0.15) is 10.4 Å². The molecular formula is C15H15F2N3O4S. The number of anilines is 2. The number of ether oxygens (including phenoxy) is 1. The molecule has 1 amide bonds. The summed E-state index contributed by atoms with van der Waals surface area (Å²) in [7, 11) is -1.26. The van der Waals surface area contributed by atoms with Gasteiger partial charge in [0.1, 0.15) is 5.75 Å². The highest BCUT2D eigenvalue weighted by atomic mass is 32.2. The van der Waals surface area contributed by atoms with E-state index in [1.54, 1.807) is 0 Å². The van der Waals surface area contributed by atoms with Gasteiger partial charge in [0.05, 0.1) is 12.8 Å².